The van der Waals surface area contributed by atoms with Gasteiger partial charge in [-0.1, -0.05) is 42.5 Å². The van der Waals surface area contributed by atoms with E-state index in [1.54, 1.807) is 42.5 Å². The Morgan fingerprint density at radius 2 is 1.89 bits per heavy atom. The summed E-state index contributed by atoms with van der Waals surface area (Å²) >= 11 is 5.95. The fourth-order valence-corrected chi connectivity index (χ4v) is 4.05. The molecule has 8 heteroatoms. The average molecular weight is 503 g/mol. The fraction of sp³-hybridized carbons (Fsp3) is 0.143. The largest absolute Gasteiger partial charge is 0.490 e. The second-order valence-corrected chi connectivity index (χ2v) is 8.40. The number of benzene rings is 3. The maximum absolute atomic E-state index is 12.4. The summed E-state index contributed by atoms with van der Waals surface area (Å²) in [6.07, 6.45) is 1.66. The van der Waals surface area contributed by atoms with Gasteiger partial charge in [0, 0.05) is 16.7 Å². The summed E-state index contributed by atoms with van der Waals surface area (Å²) < 4.78 is 22.2. The van der Waals surface area contributed by atoms with Crippen molar-refractivity contribution in [2.24, 2.45) is 5.73 Å². The predicted octanol–water partition coefficient (Wildman–Crippen LogP) is 5.42. The molecule has 36 heavy (non-hydrogen) atoms. The number of rotatable bonds is 8. The molecule has 0 saturated carbocycles. The van der Waals surface area contributed by atoms with Gasteiger partial charge in [0.05, 0.1) is 5.92 Å². The summed E-state index contributed by atoms with van der Waals surface area (Å²) in [5.41, 5.74) is 8.72. The van der Waals surface area contributed by atoms with E-state index in [0.717, 1.165) is 11.1 Å². The van der Waals surface area contributed by atoms with Crippen LogP contribution in [0.1, 0.15) is 22.6 Å². The Kier molecular flexibility index (Phi) is 7.47. The van der Waals surface area contributed by atoms with E-state index in [0.29, 0.717) is 40.0 Å². The van der Waals surface area contributed by atoms with Crippen molar-refractivity contribution in [2.45, 2.75) is 12.8 Å². The van der Waals surface area contributed by atoms with Gasteiger partial charge in [0.25, 0.3) is 0 Å². The number of halogens is 1. The van der Waals surface area contributed by atoms with Gasteiger partial charge in [-0.05, 0) is 54.4 Å². The van der Waals surface area contributed by atoms with E-state index in [1.165, 1.54) is 0 Å². The first kappa shape index (κ1) is 24.7. The first-order valence-corrected chi connectivity index (χ1v) is 11.4. The standard InChI is InChI=1S/C28H23ClN2O5/c1-3-12-33-20-7-4-18(5-8-20)27-22-10-9-21(14-25(22)36-28(31)23(27)15-30)35-26(32)16-34-24-11-6-19(29)13-17(24)2/h3-11,13-14,27H,1,12,16,31H2,2H3. The molecule has 182 valence electrons. The minimum Gasteiger partial charge on any atom is -0.490 e. The molecule has 1 unspecified atom stereocenters. The van der Waals surface area contributed by atoms with Gasteiger partial charge in [0.15, 0.2) is 6.61 Å². The van der Waals surface area contributed by atoms with E-state index in [2.05, 4.69) is 12.6 Å². The van der Waals surface area contributed by atoms with E-state index in [-0.39, 0.29) is 18.2 Å². The molecule has 1 aliphatic heterocycles. The number of carbonyl (C=O) groups is 1. The Bertz CT molecular complexity index is 1380. The number of allylic oxidation sites excluding steroid dienone is 1. The van der Waals surface area contributed by atoms with Crippen LogP contribution in [-0.2, 0) is 4.79 Å². The molecule has 0 bridgehead atoms. The molecule has 0 saturated heterocycles. The monoisotopic (exact) mass is 502 g/mol. The first-order chi connectivity index (χ1) is 17.4. The third kappa shape index (κ3) is 5.45. The number of hydrogen-bond donors (Lipinski definition) is 1. The van der Waals surface area contributed by atoms with Crippen LogP contribution in [0.15, 0.2) is 84.8 Å². The number of nitrogens with zero attached hydrogens (tertiary/aromatic N) is 1. The molecule has 1 heterocycles. The lowest BCUT2D eigenvalue weighted by atomic mass is 9.83. The summed E-state index contributed by atoms with van der Waals surface area (Å²) in [6, 6.07) is 19.6. The molecule has 3 aromatic carbocycles. The quantitative estimate of drug-likeness (QED) is 0.249. The number of esters is 1. The topological polar surface area (TPSA) is 104 Å². The Morgan fingerprint density at radius 1 is 1.14 bits per heavy atom. The van der Waals surface area contributed by atoms with E-state index < -0.39 is 11.9 Å². The smallest absolute Gasteiger partial charge is 0.349 e. The van der Waals surface area contributed by atoms with Crippen molar-refractivity contribution < 1.29 is 23.7 Å². The summed E-state index contributed by atoms with van der Waals surface area (Å²) in [7, 11) is 0. The van der Waals surface area contributed by atoms with Crippen LogP contribution in [0.5, 0.6) is 23.0 Å². The van der Waals surface area contributed by atoms with Crippen molar-refractivity contribution in [3.63, 3.8) is 0 Å². The Balaban J connectivity index is 1.52. The number of nitriles is 1. The van der Waals surface area contributed by atoms with Crippen LogP contribution in [0, 0.1) is 18.3 Å². The van der Waals surface area contributed by atoms with E-state index >= 15 is 0 Å². The fourth-order valence-electron chi connectivity index (χ4n) is 3.83. The van der Waals surface area contributed by atoms with Gasteiger partial charge in [0.2, 0.25) is 5.88 Å². The molecule has 0 aliphatic carbocycles. The van der Waals surface area contributed by atoms with E-state index in [9.17, 15) is 10.1 Å². The van der Waals surface area contributed by atoms with Crippen molar-refractivity contribution in [2.75, 3.05) is 13.2 Å². The van der Waals surface area contributed by atoms with Crippen molar-refractivity contribution >= 4 is 17.6 Å². The molecular formula is C28H23ClN2O5. The van der Waals surface area contributed by atoms with Gasteiger partial charge in [-0.25, -0.2) is 4.79 Å². The number of ether oxygens (including phenoxy) is 4. The molecule has 0 fully saturated rings. The first-order valence-electron chi connectivity index (χ1n) is 11.0. The number of carbonyl (C=O) groups excluding carboxylic acids is 1. The van der Waals surface area contributed by atoms with Crippen LogP contribution in [-0.4, -0.2) is 19.2 Å². The second kappa shape index (κ2) is 10.9. The maximum Gasteiger partial charge on any atom is 0.349 e. The van der Waals surface area contributed by atoms with Crippen molar-refractivity contribution in [3.8, 4) is 29.1 Å². The molecule has 0 amide bonds. The highest BCUT2D eigenvalue weighted by molar-refractivity contribution is 6.30. The number of hydrogen-bond acceptors (Lipinski definition) is 7. The van der Waals surface area contributed by atoms with Gasteiger partial charge in [-0.2, -0.15) is 5.26 Å². The number of aryl methyl sites for hydroxylation is 1. The minimum atomic E-state index is -0.590. The summed E-state index contributed by atoms with van der Waals surface area (Å²) in [5, 5.41) is 10.3. The van der Waals surface area contributed by atoms with Crippen molar-refractivity contribution in [1.82, 2.24) is 0 Å². The lowest BCUT2D eigenvalue weighted by Crippen LogP contribution is -2.21. The van der Waals surface area contributed by atoms with Gasteiger partial charge >= 0.3 is 5.97 Å². The molecule has 1 aliphatic rings. The molecule has 4 rings (SSSR count). The number of fused-ring (bicyclic) bond motifs is 1. The van der Waals surface area contributed by atoms with Crippen LogP contribution in [0.4, 0.5) is 0 Å². The zero-order valence-electron chi connectivity index (χ0n) is 19.5. The molecule has 7 nitrogen and oxygen atoms in total. The average Bonchev–Trinajstić information content (AvgIpc) is 2.86. The molecule has 0 spiro atoms. The molecular weight excluding hydrogens is 480 g/mol. The molecule has 1 atom stereocenters. The zero-order valence-corrected chi connectivity index (χ0v) is 20.2. The Labute approximate surface area is 213 Å². The van der Waals surface area contributed by atoms with Crippen LogP contribution in [0.3, 0.4) is 0 Å². The molecule has 2 N–H and O–H groups in total. The highest BCUT2D eigenvalue weighted by Crippen LogP contribution is 2.43. The third-order valence-electron chi connectivity index (χ3n) is 5.49. The highest BCUT2D eigenvalue weighted by Gasteiger charge is 2.31. The third-order valence-corrected chi connectivity index (χ3v) is 5.72. The summed E-state index contributed by atoms with van der Waals surface area (Å²) in [4.78, 5) is 12.4. The van der Waals surface area contributed by atoms with Crippen LogP contribution in [0.2, 0.25) is 5.02 Å². The normalized spacial score (nSPS) is 14.2. The molecule has 3 aromatic rings. The lowest BCUT2D eigenvalue weighted by molar-refractivity contribution is -0.136. The predicted molar refractivity (Wildman–Crippen MR) is 135 cm³/mol. The van der Waals surface area contributed by atoms with Crippen LogP contribution >= 0.6 is 11.6 Å². The molecule has 0 radical (unpaired) electrons. The SMILES string of the molecule is C=CCOc1ccc(C2C(C#N)=C(N)Oc3cc(OC(=O)COc4ccc(Cl)cc4C)ccc32)cc1. The maximum atomic E-state index is 12.4. The van der Waals surface area contributed by atoms with Gasteiger partial charge < -0.3 is 24.7 Å². The second-order valence-electron chi connectivity index (χ2n) is 7.97. The Morgan fingerprint density at radius 3 is 2.58 bits per heavy atom. The van der Waals surface area contributed by atoms with Crippen LogP contribution in [0.25, 0.3) is 0 Å². The summed E-state index contributed by atoms with van der Waals surface area (Å²) in [5.74, 6) is 0.821. The zero-order chi connectivity index (χ0) is 25.7. The number of nitrogens with two attached hydrogens (primary N) is 1. The minimum absolute atomic E-state index is 0.00740. The lowest BCUT2D eigenvalue weighted by Gasteiger charge is -2.26. The Hall–Kier alpha value is -4.41. The van der Waals surface area contributed by atoms with Crippen LogP contribution < -0.4 is 24.7 Å². The molecule has 0 aromatic heterocycles. The van der Waals surface area contributed by atoms with Crippen molar-refractivity contribution in [3.05, 3.63) is 106 Å². The van der Waals surface area contributed by atoms with Gasteiger partial charge in [0.1, 0.15) is 41.2 Å². The van der Waals surface area contributed by atoms with E-state index in [4.69, 9.17) is 36.3 Å². The van der Waals surface area contributed by atoms with Gasteiger partial charge in [-0.15, -0.1) is 0 Å². The van der Waals surface area contributed by atoms with Crippen molar-refractivity contribution in [1.29, 1.82) is 5.26 Å². The highest BCUT2D eigenvalue weighted by atomic mass is 35.5. The van der Waals surface area contributed by atoms with E-state index in [1.807, 2.05) is 31.2 Å². The summed E-state index contributed by atoms with van der Waals surface area (Å²) in [6.45, 7) is 5.57. The van der Waals surface area contributed by atoms with Gasteiger partial charge in [-0.3, -0.25) is 0 Å².